The maximum atomic E-state index is 12.3. The summed E-state index contributed by atoms with van der Waals surface area (Å²) in [6.07, 6.45) is 5.52. The molecule has 1 aromatic carbocycles. The molecule has 0 radical (unpaired) electrons. The Morgan fingerprint density at radius 2 is 2.05 bits per heavy atom. The maximum Gasteiger partial charge on any atom is 0.255 e. The summed E-state index contributed by atoms with van der Waals surface area (Å²) in [5, 5.41) is 13.8. The van der Waals surface area contributed by atoms with Gasteiger partial charge < -0.3 is 10.4 Å². The van der Waals surface area contributed by atoms with Gasteiger partial charge in [-0.1, -0.05) is 41.3 Å². The van der Waals surface area contributed by atoms with Gasteiger partial charge in [0, 0.05) is 5.33 Å². The van der Waals surface area contributed by atoms with E-state index in [9.17, 15) is 9.90 Å². The summed E-state index contributed by atoms with van der Waals surface area (Å²) in [6, 6.07) is 5.15. The summed E-state index contributed by atoms with van der Waals surface area (Å²) in [5.41, 5.74) is 1.14. The molecule has 1 aliphatic carbocycles. The lowest BCUT2D eigenvalue weighted by molar-refractivity contribution is 0.0884. The van der Waals surface area contributed by atoms with E-state index in [2.05, 4.69) is 21.2 Å². The first-order valence-electron chi connectivity index (χ1n) is 6.74. The molecule has 1 fully saturated rings. The minimum absolute atomic E-state index is 0.0537. The molecule has 1 saturated carbocycles. The number of phenols is 1. The zero-order valence-corrected chi connectivity index (χ0v) is 12.8. The molecular weight excluding hydrogens is 306 g/mol. The highest BCUT2D eigenvalue weighted by atomic mass is 79.9. The normalized spacial score (nSPS) is 18.0. The van der Waals surface area contributed by atoms with Gasteiger partial charge in [0.25, 0.3) is 5.91 Å². The third-order valence-corrected chi connectivity index (χ3v) is 4.92. The van der Waals surface area contributed by atoms with Crippen LogP contribution < -0.4 is 5.32 Å². The van der Waals surface area contributed by atoms with Crippen molar-refractivity contribution in [3.63, 3.8) is 0 Å². The van der Waals surface area contributed by atoms with Gasteiger partial charge in [0.1, 0.15) is 5.75 Å². The number of halogens is 1. The second kappa shape index (κ2) is 5.95. The van der Waals surface area contributed by atoms with E-state index in [-0.39, 0.29) is 17.2 Å². The third kappa shape index (κ3) is 3.30. The van der Waals surface area contributed by atoms with Gasteiger partial charge in [-0.3, -0.25) is 4.79 Å². The second-order valence-electron chi connectivity index (χ2n) is 5.45. The summed E-state index contributed by atoms with van der Waals surface area (Å²) in [7, 11) is 0. The number of hydrogen-bond acceptors (Lipinski definition) is 2. The van der Waals surface area contributed by atoms with E-state index in [0.717, 1.165) is 36.6 Å². The van der Waals surface area contributed by atoms with Gasteiger partial charge in [-0.25, -0.2) is 0 Å². The van der Waals surface area contributed by atoms with Crippen LogP contribution >= 0.6 is 15.9 Å². The Kier molecular flexibility index (Phi) is 4.50. The number of nitrogens with one attached hydrogen (secondary N) is 1. The summed E-state index contributed by atoms with van der Waals surface area (Å²) in [4.78, 5) is 12.3. The Morgan fingerprint density at radius 1 is 1.37 bits per heavy atom. The topological polar surface area (TPSA) is 49.3 Å². The fraction of sp³-hybridized carbons (Fsp3) is 0.533. The molecule has 4 heteroatoms. The first-order valence-corrected chi connectivity index (χ1v) is 7.87. The molecule has 0 aromatic heterocycles. The minimum atomic E-state index is -0.182. The summed E-state index contributed by atoms with van der Waals surface area (Å²) in [6.45, 7) is 1.89. The molecule has 19 heavy (non-hydrogen) atoms. The van der Waals surface area contributed by atoms with Gasteiger partial charge in [-0.15, -0.1) is 0 Å². The molecule has 0 atom stereocenters. The van der Waals surface area contributed by atoms with Crippen molar-refractivity contribution >= 4 is 21.8 Å². The average Bonchev–Trinajstić information content (AvgIpc) is 2.39. The highest BCUT2D eigenvalue weighted by molar-refractivity contribution is 9.09. The molecule has 104 valence electrons. The standard InChI is InChI=1S/C15H20BrNO2/c1-11-5-6-12(13(18)9-11)14(19)17-15(10-16)7-3-2-4-8-15/h5-6,9,18H,2-4,7-8,10H2,1H3,(H,17,19). The molecule has 2 rings (SSSR count). The average molecular weight is 326 g/mol. The van der Waals surface area contributed by atoms with Crippen LogP contribution in [-0.2, 0) is 0 Å². The van der Waals surface area contributed by atoms with Gasteiger partial charge in [0.2, 0.25) is 0 Å². The lowest BCUT2D eigenvalue weighted by Gasteiger charge is -2.36. The van der Waals surface area contributed by atoms with Crippen molar-refractivity contribution in [2.24, 2.45) is 0 Å². The van der Waals surface area contributed by atoms with Gasteiger partial charge in [0.05, 0.1) is 11.1 Å². The zero-order chi connectivity index (χ0) is 13.9. The van der Waals surface area contributed by atoms with Crippen molar-refractivity contribution in [2.45, 2.75) is 44.6 Å². The molecule has 0 saturated heterocycles. The van der Waals surface area contributed by atoms with Crippen LogP contribution in [0.5, 0.6) is 5.75 Å². The van der Waals surface area contributed by atoms with Crippen LogP contribution in [0.15, 0.2) is 18.2 Å². The van der Waals surface area contributed by atoms with E-state index in [1.165, 1.54) is 6.42 Å². The molecule has 1 amide bonds. The van der Waals surface area contributed by atoms with Crippen LogP contribution in [-0.4, -0.2) is 21.9 Å². The summed E-state index contributed by atoms with van der Waals surface area (Å²) in [5.74, 6) is -0.128. The van der Waals surface area contributed by atoms with Crippen LogP contribution in [0.1, 0.15) is 48.0 Å². The molecule has 3 nitrogen and oxygen atoms in total. The lowest BCUT2D eigenvalue weighted by atomic mass is 9.83. The lowest BCUT2D eigenvalue weighted by Crippen LogP contribution is -2.51. The Labute approximate surface area is 122 Å². The van der Waals surface area contributed by atoms with Crippen molar-refractivity contribution in [3.8, 4) is 5.75 Å². The van der Waals surface area contributed by atoms with Crippen molar-refractivity contribution in [1.29, 1.82) is 0 Å². The van der Waals surface area contributed by atoms with Crippen molar-refractivity contribution in [2.75, 3.05) is 5.33 Å². The van der Waals surface area contributed by atoms with Crippen LogP contribution in [0, 0.1) is 6.92 Å². The highest BCUT2D eigenvalue weighted by Gasteiger charge is 2.33. The molecule has 0 heterocycles. The van der Waals surface area contributed by atoms with Gasteiger partial charge in [-0.05, 0) is 37.5 Å². The fourth-order valence-corrected chi connectivity index (χ4v) is 3.36. The van der Waals surface area contributed by atoms with E-state index in [1.807, 2.05) is 13.0 Å². The molecular formula is C15H20BrNO2. The number of carbonyl (C=O) groups excluding carboxylic acids is 1. The molecule has 2 N–H and O–H groups in total. The molecule has 0 unspecified atom stereocenters. The largest absolute Gasteiger partial charge is 0.507 e. The number of amides is 1. The number of benzene rings is 1. The number of aromatic hydroxyl groups is 1. The SMILES string of the molecule is Cc1ccc(C(=O)NC2(CBr)CCCCC2)c(O)c1. The van der Waals surface area contributed by atoms with E-state index >= 15 is 0 Å². The molecule has 0 aliphatic heterocycles. The van der Waals surface area contributed by atoms with Gasteiger partial charge >= 0.3 is 0 Å². The zero-order valence-electron chi connectivity index (χ0n) is 11.2. The molecule has 1 aliphatic rings. The third-order valence-electron chi connectivity index (χ3n) is 3.84. The van der Waals surface area contributed by atoms with Crippen molar-refractivity contribution in [3.05, 3.63) is 29.3 Å². The number of hydrogen-bond donors (Lipinski definition) is 2. The minimum Gasteiger partial charge on any atom is -0.507 e. The summed E-state index contributed by atoms with van der Waals surface area (Å²) < 4.78 is 0. The monoisotopic (exact) mass is 325 g/mol. The summed E-state index contributed by atoms with van der Waals surface area (Å²) >= 11 is 3.52. The number of rotatable bonds is 3. The second-order valence-corrected chi connectivity index (χ2v) is 6.01. The fourth-order valence-electron chi connectivity index (χ4n) is 2.66. The van der Waals surface area contributed by atoms with Crippen LogP contribution in [0.4, 0.5) is 0 Å². The van der Waals surface area contributed by atoms with Crippen molar-refractivity contribution < 1.29 is 9.90 Å². The first-order chi connectivity index (χ1) is 9.06. The Morgan fingerprint density at radius 3 is 2.63 bits per heavy atom. The predicted octanol–water partition coefficient (Wildman–Crippen LogP) is 3.53. The molecule has 0 spiro atoms. The Balaban J connectivity index is 2.15. The van der Waals surface area contributed by atoms with Gasteiger partial charge in [0.15, 0.2) is 0 Å². The maximum absolute atomic E-state index is 12.3. The number of alkyl halides is 1. The first kappa shape index (κ1) is 14.4. The molecule has 0 bridgehead atoms. The quantitative estimate of drug-likeness (QED) is 0.835. The van der Waals surface area contributed by atoms with Crippen LogP contribution in [0.3, 0.4) is 0 Å². The van der Waals surface area contributed by atoms with E-state index in [1.54, 1.807) is 12.1 Å². The molecule has 1 aromatic rings. The van der Waals surface area contributed by atoms with E-state index in [4.69, 9.17) is 0 Å². The highest BCUT2D eigenvalue weighted by Crippen LogP contribution is 2.30. The van der Waals surface area contributed by atoms with Gasteiger partial charge in [-0.2, -0.15) is 0 Å². The number of phenolic OH excluding ortho intramolecular Hbond substituents is 1. The van der Waals surface area contributed by atoms with Crippen LogP contribution in [0.25, 0.3) is 0 Å². The van der Waals surface area contributed by atoms with Crippen LogP contribution in [0.2, 0.25) is 0 Å². The van der Waals surface area contributed by atoms with Crippen molar-refractivity contribution in [1.82, 2.24) is 5.32 Å². The smallest absolute Gasteiger partial charge is 0.255 e. The Hall–Kier alpha value is -1.03. The predicted molar refractivity (Wildman–Crippen MR) is 79.9 cm³/mol. The Bertz CT molecular complexity index is 467. The number of aryl methyl sites for hydroxylation is 1. The van der Waals surface area contributed by atoms with E-state index < -0.39 is 0 Å². The number of carbonyl (C=O) groups is 1. The van der Waals surface area contributed by atoms with E-state index in [0.29, 0.717) is 5.56 Å².